The molecule has 17 heavy (non-hydrogen) atoms. The lowest BCUT2D eigenvalue weighted by atomic mass is 9.99. The fraction of sp³-hybridized carbons (Fsp3) is 0.643. The van der Waals surface area contributed by atoms with Crippen molar-refractivity contribution in [3.8, 4) is 0 Å². The number of nitrogens with one attached hydrogen (secondary N) is 1. The molecule has 0 bridgehead atoms. The Bertz CT molecular complexity index is 347. The third-order valence-corrected chi connectivity index (χ3v) is 3.52. The Morgan fingerprint density at radius 3 is 2.65 bits per heavy atom. The van der Waals surface area contributed by atoms with E-state index < -0.39 is 0 Å². The number of hydrogen-bond acceptors (Lipinski definition) is 3. The second-order valence-corrected chi connectivity index (χ2v) is 4.99. The Balaban J connectivity index is 2.96. The number of pyridine rings is 1. The molecule has 0 saturated carbocycles. The van der Waals surface area contributed by atoms with Gasteiger partial charge in [0.2, 0.25) is 0 Å². The van der Waals surface area contributed by atoms with E-state index in [9.17, 15) is 0 Å². The Morgan fingerprint density at radius 1 is 1.35 bits per heavy atom. The van der Waals surface area contributed by atoms with Crippen LogP contribution < -0.4 is 10.2 Å². The van der Waals surface area contributed by atoms with Crippen LogP contribution in [0.2, 0.25) is 0 Å². The molecule has 0 unspecified atom stereocenters. The lowest BCUT2D eigenvalue weighted by Gasteiger charge is -2.37. The molecule has 0 spiro atoms. The van der Waals surface area contributed by atoms with Crippen molar-refractivity contribution in [2.75, 3.05) is 18.5 Å². The van der Waals surface area contributed by atoms with Crippen LogP contribution in [0.5, 0.6) is 0 Å². The zero-order valence-corrected chi connectivity index (χ0v) is 11.7. The van der Waals surface area contributed by atoms with Gasteiger partial charge in [-0.1, -0.05) is 19.9 Å². The van der Waals surface area contributed by atoms with Crippen molar-refractivity contribution in [3.63, 3.8) is 0 Å². The first-order valence-electron chi connectivity index (χ1n) is 6.41. The highest BCUT2D eigenvalue weighted by Gasteiger charge is 2.23. The van der Waals surface area contributed by atoms with Crippen molar-refractivity contribution in [1.82, 2.24) is 10.3 Å². The van der Waals surface area contributed by atoms with Gasteiger partial charge in [0.15, 0.2) is 0 Å². The summed E-state index contributed by atoms with van der Waals surface area (Å²) in [6.07, 6.45) is 2.97. The van der Waals surface area contributed by atoms with Crippen molar-refractivity contribution in [2.45, 2.75) is 46.2 Å². The van der Waals surface area contributed by atoms with Crippen LogP contribution in [0.4, 0.5) is 5.82 Å². The summed E-state index contributed by atoms with van der Waals surface area (Å²) >= 11 is 0. The van der Waals surface area contributed by atoms with E-state index in [2.05, 4.69) is 56.0 Å². The molecule has 0 radical (unpaired) electrons. The summed E-state index contributed by atoms with van der Waals surface area (Å²) in [5, 5.41) is 3.36. The molecule has 0 aromatic carbocycles. The topological polar surface area (TPSA) is 28.2 Å². The second kappa shape index (κ2) is 6.01. The molecule has 0 fully saturated rings. The maximum absolute atomic E-state index is 4.53. The average Bonchev–Trinajstić information content (AvgIpc) is 2.35. The van der Waals surface area contributed by atoms with Crippen LogP contribution >= 0.6 is 0 Å². The summed E-state index contributed by atoms with van der Waals surface area (Å²) in [4.78, 5) is 6.81. The number of anilines is 1. The average molecular weight is 235 g/mol. The largest absolute Gasteiger partial charge is 0.354 e. The van der Waals surface area contributed by atoms with Crippen molar-refractivity contribution in [3.05, 3.63) is 23.9 Å². The van der Waals surface area contributed by atoms with E-state index in [1.807, 2.05) is 12.3 Å². The summed E-state index contributed by atoms with van der Waals surface area (Å²) in [6.45, 7) is 10.7. The third kappa shape index (κ3) is 3.43. The van der Waals surface area contributed by atoms with Crippen LogP contribution in [-0.2, 0) is 6.54 Å². The Labute approximate surface area is 105 Å². The van der Waals surface area contributed by atoms with Gasteiger partial charge in [-0.2, -0.15) is 0 Å². The summed E-state index contributed by atoms with van der Waals surface area (Å²) in [5.74, 6) is 1.08. The summed E-state index contributed by atoms with van der Waals surface area (Å²) in [6, 6.07) is 4.15. The maximum atomic E-state index is 4.53. The van der Waals surface area contributed by atoms with Crippen LogP contribution in [-0.4, -0.2) is 24.1 Å². The SMILES string of the molecule is CCNCc1cccnc1N(C)C(C)(C)CC. The minimum atomic E-state index is 0.134. The molecule has 0 atom stereocenters. The van der Waals surface area contributed by atoms with Gasteiger partial charge in [0.05, 0.1) is 0 Å². The van der Waals surface area contributed by atoms with E-state index in [-0.39, 0.29) is 5.54 Å². The van der Waals surface area contributed by atoms with Gasteiger partial charge in [-0.25, -0.2) is 4.98 Å². The van der Waals surface area contributed by atoms with E-state index in [1.165, 1.54) is 5.56 Å². The van der Waals surface area contributed by atoms with E-state index in [0.717, 1.165) is 25.3 Å². The van der Waals surface area contributed by atoms with Crippen molar-refractivity contribution >= 4 is 5.82 Å². The second-order valence-electron chi connectivity index (χ2n) is 4.99. The molecule has 96 valence electrons. The van der Waals surface area contributed by atoms with Gasteiger partial charge in [-0.15, -0.1) is 0 Å². The number of nitrogens with zero attached hydrogens (tertiary/aromatic N) is 2. The predicted molar refractivity (Wildman–Crippen MR) is 74.4 cm³/mol. The Morgan fingerprint density at radius 2 is 2.06 bits per heavy atom. The zero-order valence-electron chi connectivity index (χ0n) is 11.7. The van der Waals surface area contributed by atoms with E-state index in [1.54, 1.807) is 0 Å². The molecule has 0 aliphatic carbocycles. The van der Waals surface area contributed by atoms with E-state index in [4.69, 9.17) is 0 Å². The molecule has 0 saturated heterocycles. The number of hydrogen-bond donors (Lipinski definition) is 1. The molecule has 0 aliphatic heterocycles. The molecular formula is C14H25N3. The molecule has 1 aromatic heterocycles. The Kier molecular flexibility index (Phi) is 4.94. The standard InChI is InChI=1S/C14H25N3/c1-6-14(3,4)17(5)13-12(11-15-7-2)9-8-10-16-13/h8-10,15H,6-7,11H2,1-5H3. The molecule has 3 heteroatoms. The molecule has 1 rings (SSSR count). The predicted octanol–water partition coefficient (Wildman–Crippen LogP) is 2.82. The highest BCUT2D eigenvalue weighted by molar-refractivity contribution is 5.48. The molecule has 1 N–H and O–H groups in total. The first kappa shape index (κ1) is 14.0. The fourth-order valence-corrected chi connectivity index (χ4v) is 1.65. The van der Waals surface area contributed by atoms with Gasteiger partial charge < -0.3 is 10.2 Å². The zero-order chi connectivity index (χ0) is 12.9. The van der Waals surface area contributed by atoms with Crippen LogP contribution in [0, 0.1) is 0 Å². The molecule has 0 aliphatic rings. The lowest BCUT2D eigenvalue weighted by Crippen LogP contribution is -2.41. The number of rotatable bonds is 6. The van der Waals surface area contributed by atoms with Crippen molar-refractivity contribution in [1.29, 1.82) is 0 Å². The smallest absolute Gasteiger partial charge is 0.133 e. The summed E-state index contributed by atoms with van der Waals surface area (Å²) in [7, 11) is 2.13. The van der Waals surface area contributed by atoms with E-state index >= 15 is 0 Å². The van der Waals surface area contributed by atoms with Gasteiger partial charge in [-0.05, 0) is 32.9 Å². The fourth-order valence-electron chi connectivity index (χ4n) is 1.65. The number of aromatic nitrogens is 1. The third-order valence-electron chi connectivity index (χ3n) is 3.52. The minimum Gasteiger partial charge on any atom is -0.354 e. The molecular weight excluding hydrogens is 210 g/mol. The van der Waals surface area contributed by atoms with Gasteiger partial charge in [0.25, 0.3) is 0 Å². The normalized spacial score (nSPS) is 11.6. The van der Waals surface area contributed by atoms with Crippen molar-refractivity contribution in [2.24, 2.45) is 0 Å². The highest BCUT2D eigenvalue weighted by Crippen LogP contribution is 2.25. The van der Waals surface area contributed by atoms with Crippen molar-refractivity contribution < 1.29 is 0 Å². The van der Waals surface area contributed by atoms with Gasteiger partial charge in [0, 0.05) is 30.9 Å². The Hall–Kier alpha value is -1.09. The summed E-state index contributed by atoms with van der Waals surface area (Å²) < 4.78 is 0. The van der Waals surface area contributed by atoms with Gasteiger partial charge >= 0.3 is 0 Å². The van der Waals surface area contributed by atoms with Crippen LogP contribution in [0.25, 0.3) is 0 Å². The van der Waals surface area contributed by atoms with E-state index in [0.29, 0.717) is 0 Å². The first-order valence-corrected chi connectivity index (χ1v) is 6.41. The van der Waals surface area contributed by atoms with Crippen LogP contribution in [0.1, 0.15) is 39.7 Å². The van der Waals surface area contributed by atoms with Gasteiger partial charge in [-0.3, -0.25) is 0 Å². The minimum absolute atomic E-state index is 0.134. The summed E-state index contributed by atoms with van der Waals surface area (Å²) in [5.41, 5.74) is 1.40. The lowest BCUT2D eigenvalue weighted by molar-refractivity contribution is 0.465. The van der Waals surface area contributed by atoms with Crippen LogP contribution in [0.15, 0.2) is 18.3 Å². The maximum Gasteiger partial charge on any atom is 0.133 e. The molecule has 0 amide bonds. The quantitative estimate of drug-likeness (QED) is 0.822. The van der Waals surface area contributed by atoms with Gasteiger partial charge in [0.1, 0.15) is 5.82 Å². The van der Waals surface area contributed by atoms with Crippen LogP contribution in [0.3, 0.4) is 0 Å². The molecule has 1 aromatic rings. The monoisotopic (exact) mass is 235 g/mol. The molecule has 3 nitrogen and oxygen atoms in total. The highest BCUT2D eigenvalue weighted by atomic mass is 15.2. The molecule has 1 heterocycles. The first-order chi connectivity index (χ1) is 8.03.